The molecule has 1 aliphatic carbocycles. The number of furan rings is 1. The van der Waals surface area contributed by atoms with Crippen LogP contribution in [-0.4, -0.2) is 23.9 Å². The predicted molar refractivity (Wildman–Crippen MR) is 72.5 cm³/mol. The van der Waals surface area contributed by atoms with Crippen molar-refractivity contribution < 1.29 is 9.21 Å². The number of halogens is 1. The summed E-state index contributed by atoms with van der Waals surface area (Å²) in [5.74, 6) is 1.84. The van der Waals surface area contributed by atoms with Crippen molar-refractivity contribution >= 4 is 18.3 Å². The third kappa shape index (κ3) is 3.27. The topological polar surface area (TPSA) is 59.5 Å². The van der Waals surface area contributed by atoms with Crippen molar-refractivity contribution in [1.29, 1.82) is 0 Å². The van der Waals surface area contributed by atoms with Gasteiger partial charge < -0.3 is 15.1 Å². The summed E-state index contributed by atoms with van der Waals surface area (Å²) in [6, 6.07) is 3.85. The Labute approximate surface area is 114 Å². The van der Waals surface area contributed by atoms with E-state index in [9.17, 15) is 4.79 Å². The highest BCUT2D eigenvalue weighted by Gasteiger charge is 2.32. The molecule has 1 heterocycles. The first-order valence-electron chi connectivity index (χ1n) is 6.14. The second-order valence-corrected chi connectivity index (χ2v) is 4.91. The van der Waals surface area contributed by atoms with E-state index in [4.69, 9.17) is 10.2 Å². The number of rotatable bonds is 3. The molecule has 18 heavy (non-hydrogen) atoms. The molecule has 2 atom stereocenters. The van der Waals surface area contributed by atoms with Gasteiger partial charge in [0.25, 0.3) is 0 Å². The normalized spacial score (nSPS) is 22.6. The molecule has 0 spiro atoms. The number of nitrogens with zero attached hydrogens (tertiary/aromatic N) is 1. The molecule has 5 heteroatoms. The van der Waals surface area contributed by atoms with E-state index in [1.165, 1.54) is 0 Å². The van der Waals surface area contributed by atoms with E-state index in [1.807, 2.05) is 26.1 Å². The zero-order valence-corrected chi connectivity index (χ0v) is 11.7. The SMILES string of the molecule is Cc1ccc(CN(C)C(=O)C2CCCC2N)o1.Cl. The Hall–Kier alpha value is -1.00. The molecule has 1 aromatic heterocycles. The number of carbonyl (C=O) groups excluding carboxylic acids is 1. The van der Waals surface area contributed by atoms with Crippen molar-refractivity contribution in [3.8, 4) is 0 Å². The lowest BCUT2D eigenvalue weighted by atomic mass is 10.0. The van der Waals surface area contributed by atoms with Gasteiger partial charge in [-0.2, -0.15) is 0 Å². The predicted octanol–water partition coefficient (Wildman–Crippen LogP) is 2.10. The van der Waals surface area contributed by atoms with E-state index in [0.717, 1.165) is 30.8 Å². The fraction of sp³-hybridized carbons (Fsp3) is 0.615. The summed E-state index contributed by atoms with van der Waals surface area (Å²) in [5, 5.41) is 0. The Morgan fingerprint density at radius 3 is 2.72 bits per heavy atom. The molecule has 1 saturated carbocycles. The second kappa shape index (κ2) is 6.25. The van der Waals surface area contributed by atoms with Gasteiger partial charge in [-0.25, -0.2) is 0 Å². The average molecular weight is 273 g/mol. The standard InChI is InChI=1S/C13H20N2O2.ClH/c1-9-6-7-10(17-9)8-15(2)13(16)11-4-3-5-12(11)14;/h6-7,11-12H,3-5,8,14H2,1-2H3;1H. The third-order valence-corrected chi connectivity index (χ3v) is 3.45. The molecule has 0 radical (unpaired) electrons. The summed E-state index contributed by atoms with van der Waals surface area (Å²) >= 11 is 0. The minimum Gasteiger partial charge on any atom is -0.464 e. The van der Waals surface area contributed by atoms with E-state index >= 15 is 0 Å². The molecule has 0 bridgehead atoms. The van der Waals surface area contributed by atoms with E-state index < -0.39 is 0 Å². The molecule has 2 rings (SSSR count). The first-order chi connectivity index (χ1) is 8.08. The van der Waals surface area contributed by atoms with Crippen LogP contribution in [0.3, 0.4) is 0 Å². The third-order valence-electron chi connectivity index (χ3n) is 3.45. The van der Waals surface area contributed by atoms with Crippen molar-refractivity contribution in [2.75, 3.05) is 7.05 Å². The Balaban J connectivity index is 0.00000162. The quantitative estimate of drug-likeness (QED) is 0.917. The lowest BCUT2D eigenvalue weighted by Gasteiger charge is -2.22. The lowest BCUT2D eigenvalue weighted by Crippen LogP contribution is -2.39. The molecule has 1 amide bonds. The van der Waals surface area contributed by atoms with Crippen molar-refractivity contribution in [2.45, 2.75) is 38.8 Å². The maximum Gasteiger partial charge on any atom is 0.227 e. The minimum atomic E-state index is -0.00365. The van der Waals surface area contributed by atoms with E-state index in [-0.39, 0.29) is 30.3 Å². The summed E-state index contributed by atoms with van der Waals surface area (Å²) in [6.45, 7) is 2.42. The van der Waals surface area contributed by atoms with Crippen molar-refractivity contribution in [3.63, 3.8) is 0 Å². The molecule has 1 fully saturated rings. The van der Waals surface area contributed by atoms with E-state index in [1.54, 1.807) is 4.90 Å². The van der Waals surface area contributed by atoms with Crippen LogP contribution in [0.4, 0.5) is 0 Å². The number of hydrogen-bond acceptors (Lipinski definition) is 3. The fourth-order valence-electron chi connectivity index (χ4n) is 2.46. The van der Waals surface area contributed by atoms with Gasteiger partial charge in [-0.05, 0) is 31.9 Å². The summed E-state index contributed by atoms with van der Waals surface area (Å²) < 4.78 is 5.47. The minimum absolute atomic E-state index is 0. The first kappa shape index (κ1) is 15.1. The molecule has 2 N–H and O–H groups in total. The van der Waals surface area contributed by atoms with Crippen LogP contribution >= 0.6 is 12.4 Å². The number of carbonyl (C=O) groups is 1. The zero-order chi connectivity index (χ0) is 12.4. The summed E-state index contributed by atoms with van der Waals surface area (Å²) in [5.41, 5.74) is 5.94. The second-order valence-electron chi connectivity index (χ2n) is 4.91. The summed E-state index contributed by atoms with van der Waals surface area (Å²) in [7, 11) is 1.81. The number of amides is 1. The highest BCUT2D eigenvalue weighted by atomic mass is 35.5. The van der Waals surface area contributed by atoms with Crippen LogP contribution < -0.4 is 5.73 Å². The van der Waals surface area contributed by atoms with Gasteiger partial charge in [0.1, 0.15) is 11.5 Å². The smallest absolute Gasteiger partial charge is 0.227 e. The summed E-state index contributed by atoms with van der Waals surface area (Å²) in [4.78, 5) is 13.9. The van der Waals surface area contributed by atoms with Crippen molar-refractivity contribution in [3.05, 3.63) is 23.7 Å². The molecular formula is C13H21ClN2O2. The molecule has 1 aliphatic rings. The maximum absolute atomic E-state index is 12.2. The molecule has 1 aromatic rings. The van der Waals surface area contributed by atoms with Crippen LogP contribution in [0, 0.1) is 12.8 Å². The van der Waals surface area contributed by atoms with Crippen LogP contribution in [-0.2, 0) is 11.3 Å². The highest BCUT2D eigenvalue weighted by Crippen LogP contribution is 2.26. The van der Waals surface area contributed by atoms with Gasteiger partial charge in [0.05, 0.1) is 12.5 Å². The van der Waals surface area contributed by atoms with Gasteiger partial charge in [-0.1, -0.05) is 6.42 Å². The molecule has 4 nitrogen and oxygen atoms in total. The van der Waals surface area contributed by atoms with Crippen molar-refractivity contribution in [1.82, 2.24) is 4.90 Å². The molecular weight excluding hydrogens is 252 g/mol. The molecule has 0 aromatic carbocycles. The van der Waals surface area contributed by atoms with E-state index in [0.29, 0.717) is 6.54 Å². The van der Waals surface area contributed by atoms with Gasteiger partial charge in [0.15, 0.2) is 0 Å². The van der Waals surface area contributed by atoms with Crippen molar-refractivity contribution in [2.24, 2.45) is 11.7 Å². The average Bonchev–Trinajstić information content (AvgIpc) is 2.86. The van der Waals surface area contributed by atoms with Crippen LogP contribution in [0.25, 0.3) is 0 Å². The Kier molecular flexibility index (Phi) is 5.23. The monoisotopic (exact) mass is 272 g/mol. The number of aryl methyl sites for hydroxylation is 1. The zero-order valence-electron chi connectivity index (χ0n) is 10.9. The Bertz CT molecular complexity index is 405. The number of nitrogens with two attached hydrogens (primary N) is 1. The van der Waals surface area contributed by atoms with Crippen LogP contribution in [0.15, 0.2) is 16.5 Å². The maximum atomic E-state index is 12.2. The van der Waals surface area contributed by atoms with Gasteiger partial charge >= 0.3 is 0 Å². The largest absolute Gasteiger partial charge is 0.464 e. The Morgan fingerprint density at radius 1 is 1.50 bits per heavy atom. The summed E-state index contributed by atoms with van der Waals surface area (Å²) in [6.07, 6.45) is 2.94. The van der Waals surface area contributed by atoms with E-state index in [2.05, 4.69) is 0 Å². The van der Waals surface area contributed by atoms with Crippen LogP contribution in [0.1, 0.15) is 30.8 Å². The molecule has 0 aliphatic heterocycles. The molecule has 2 unspecified atom stereocenters. The first-order valence-corrected chi connectivity index (χ1v) is 6.14. The van der Waals surface area contributed by atoms with Gasteiger partial charge in [-0.3, -0.25) is 4.79 Å². The fourth-order valence-corrected chi connectivity index (χ4v) is 2.46. The van der Waals surface area contributed by atoms with Crippen LogP contribution in [0.2, 0.25) is 0 Å². The van der Waals surface area contributed by atoms with Gasteiger partial charge in [-0.15, -0.1) is 12.4 Å². The highest BCUT2D eigenvalue weighted by molar-refractivity contribution is 5.85. The molecule has 102 valence electrons. The van der Waals surface area contributed by atoms with Gasteiger partial charge in [0.2, 0.25) is 5.91 Å². The molecule has 0 saturated heterocycles. The van der Waals surface area contributed by atoms with Gasteiger partial charge in [0, 0.05) is 13.1 Å². The Morgan fingerprint density at radius 2 is 2.22 bits per heavy atom. The number of hydrogen-bond donors (Lipinski definition) is 1. The van der Waals surface area contributed by atoms with Crippen LogP contribution in [0.5, 0.6) is 0 Å². The lowest BCUT2D eigenvalue weighted by molar-refractivity contribution is -0.135.